The van der Waals surface area contributed by atoms with Gasteiger partial charge in [0.25, 0.3) is 5.91 Å². The summed E-state index contributed by atoms with van der Waals surface area (Å²) in [5.74, 6) is 1.34. The molecule has 0 bridgehead atoms. The predicted molar refractivity (Wildman–Crippen MR) is 114 cm³/mol. The maximum Gasteiger partial charge on any atom is 0.253 e. The van der Waals surface area contributed by atoms with Gasteiger partial charge in [-0.2, -0.15) is 0 Å². The van der Waals surface area contributed by atoms with Gasteiger partial charge in [-0.25, -0.2) is 0 Å². The molecule has 1 amide bonds. The fraction of sp³-hybridized carbons (Fsp3) is 0.375. The number of benzene rings is 2. The van der Waals surface area contributed by atoms with Crippen molar-refractivity contribution >= 4 is 5.91 Å². The van der Waals surface area contributed by atoms with Crippen molar-refractivity contribution in [1.82, 2.24) is 20.0 Å². The molecule has 0 N–H and O–H groups in total. The molecule has 2 aromatic carbocycles. The number of carbonyl (C=O) groups is 1. The molecule has 30 heavy (non-hydrogen) atoms. The molecular formula is C24H26N4O2. The monoisotopic (exact) mass is 402 g/mol. The Hall–Kier alpha value is -2.99. The van der Waals surface area contributed by atoms with Crippen LogP contribution in [0.4, 0.5) is 0 Å². The lowest BCUT2D eigenvalue weighted by molar-refractivity contribution is 0.0115. The van der Waals surface area contributed by atoms with Crippen LogP contribution in [0.2, 0.25) is 0 Å². The Balaban J connectivity index is 1.27. The summed E-state index contributed by atoms with van der Waals surface area (Å²) in [5, 5.41) is 8.58. The van der Waals surface area contributed by atoms with Gasteiger partial charge in [0, 0.05) is 36.2 Å². The molecule has 0 aliphatic carbocycles. The third kappa shape index (κ3) is 3.21. The van der Waals surface area contributed by atoms with Crippen LogP contribution in [0.3, 0.4) is 0 Å². The van der Waals surface area contributed by atoms with Crippen LogP contribution in [0, 0.1) is 19.3 Å². The number of nitrogens with zero attached hydrogens (tertiary/aromatic N) is 4. The molecule has 6 heteroatoms. The summed E-state index contributed by atoms with van der Waals surface area (Å²) >= 11 is 0. The second-order valence-electron chi connectivity index (χ2n) is 8.91. The standard InChI is InChI=1S/C24H26N4O2/c1-16-9-10-19(11-17(16)2)23(29)28-14-24(15-28)12-20(27(3)13-24)22-26-25-21(30-22)18-7-5-4-6-8-18/h4-11,20H,12-15H2,1-3H3. The van der Waals surface area contributed by atoms with E-state index in [1.54, 1.807) is 0 Å². The van der Waals surface area contributed by atoms with Gasteiger partial charge in [-0.1, -0.05) is 24.3 Å². The lowest BCUT2D eigenvalue weighted by Crippen LogP contribution is -2.59. The van der Waals surface area contributed by atoms with Crippen LogP contribution in [0.1, 0.15) is 39.8 Å². The third-order valence-corrected chi connectivity index (χ3v) is 6.58. The molecule has 1 spiro atoms. The zero-order valence-corrected chi connectivity index (χ0v) is 17.6. The van der Waals surface area contributed by atoms with Gasteiger partial charge in [-0.15, -0.1) is 10.2 Å². The smallest absolute Gasteiger partial charge is 0.253 e. The highest BCUT2D eigenvalue weighted by Gasteiger charge is 2.53. The molecule has 154 valence electrons. The van der Waals surface area contributed by atoms with Crippen LogP contribution in [-0.2, 0) is 0 Å². The zero-order chi connectivity index (χ0) is 20.9. The van der Waals surface area contributed by atoms with Gasteiger partial charge in [0.1, 0.15) is 0 Å². The van der Waals surface area contributed by atoms with Gasteiger partial charge >= 0.3 is 0 Å². The van der Waals surface area contributed by atoms with E-state index in [-0.39, 0.29) is 17.4 Å². The minimum absolute atomic E-state index is 0.0915. The van der Waals surface area contributed by atoms with E-state index >= 15 is 0 Å². The van der Waals surface area contributed by atoms with E-state index in [4.69, 9.17) is 4.42 Å². The molecule has 2 fully saturated rings. The number of aromatic nitrogens is 2. The largest absolute Gasteiger partial charge is 0.419 e. The van der Waals surface area contributed by atoms with E-state index in [1.807, 2.05) is 60.4 Å². The summed E-state index contributed by atoms with van der Waals surface area (Å²) in [6.07, 6.45) is 0.927. The second kappa shape index (κ2) is 7.06. The Morgan fingerprint density at radius 3 is 2.53 bits per heavy atom. The maximum atomic E-state index is 12.9. The van der Waals surface area contributed by atoms with Gasteiger partial charge in [0.15, 0.2) is 0 Å². The molecule has 5 rings (SSSR count). The van der Waals surface area contributed by atoms with Crippen LogP contribution in [0.25, 0.3) is 11.5 Å². The molecule has 1 unspecified atom stereocenters. The number of likely N-dealkylation sites (tertiary alicyclic amines) is 2. The van der Waals surface area contributed by atoms with Crippen LogP contribution < -0.4 is 0 Å². The predicted octanol–water partition coefficient (Wildman–Crippen LogP) is 3.87. The SMILES string of the molecule is Cc1ccc(C(=O)N2CC3(CC(c4nnc(-c5ccccc5)o4)N(C)C3)C2)cc1C. The van der Waals surface area contributed by atoms with E-state index in [1.165, 1.54) is 5.56 Å². The number of rotatable bonds is 3. The number of aryl methyl sites for hydroxylation is 2. The topological polar surface area (TPSA) is 62.5 Å². The first kappa shape index (κ1) is 19.0. The first-order valence-corrected chi connectivity index (χ1v) is 10.4. The van der Waals surface area contributed by atoms with E-state index < -0.39 is 0 Å². The number of hydrogen-bond acceptors (Lipinski definition) is 5. The normalized spacial score (nSPS) is 20.5. The number of hydrogen-bond donors (Lipinski definition) is 0. The molecule has 2 aliphatic heterocycles. The van der Waals surface area contributed by atoms with Crippen molar-refractivity contribution in [2.45, 2.75) is 26.3 Å². The summed E-state index contributed by atoms with van der Waals surface area (Å²) in [6, 6.07) is 15.9. The van der Waals surface area contributed by atoms with Crippen LogP contribution in [0.15, 0.2) is 52.9 Å². The fourth-order valence-corrected chi connectivity index (χ4v) is 4.81. The fourth-order valence-electron chi connectivity index (χ4n) is 4.81. The van der Waals surface area contributed by atoms with Gasteiger partial charge < -0.3 is 9.32 Å². The van der Waals surface area contributed by atoms with Crippen molar-refractivity contribution < 1.29 is 9.21 Å². The molecule has 0 saturated carbocycles. The minimum Gasteiger partial charge on any atom is -0.419 e. The average Bonchev–Trinajstić information content (AvgIpc) is 3.34. The minimum atomic E-state index is 0.0915. The van der Waals surface area contributed by atoms with Gasteiger partial charge in [-0.05, 0) is 62.7 Å². The summed E-state index contributed by atoms with van der Waals surface area (Å²) in [7, 11) is 2.10. The van der Waals surface area contributed by atoms with Crippen molar-refractivity contribution in [1.29, 1.82) is 0 Å². The number of amides is 1. The Bertz CT molecular complexity index is 1090. The quantitative estimate of drug-likeness (QED) is 0.665. The zero-order valence-electron chi connectivity index (χ0n) is 17.6. The molecular weight excluding hydrogens is 376 g/mol. The first-order valence-electron chi connectivity index (χ1n) is 10.4. The van der Waals surface area contributed by atoms with Gasteiger partial charge in [-0.3, -0.25) is 9.69 Å². The Morgan fingerprint density at radius 1 is 1.03 bits per heavy atom. The lowest BCUT2D eigenvalue weighted by Gasteiger charge is -2.48. The van der Waals surface area contributed by atoms with E-state index in [9.17, 15) is 4.79 Å². The van der Waals surface area contributed by atoms with Crippen molar-refractivity contribution in [3.8, 4) is 11.5 Å². The lowest BCUT2D eigenvalue weighted by atomic mass is 9.77. The van der Waals surface area contributed by atoms with Crippen molar-refractivity contribution in [3.63, 3.8) is 0 Å². The van der Waals surface area contributed by atoms with Gasteiger partial charge in [0.2, 0.25) is 11.8 Å². The van der Waals surface area contributed by atoms with Crippen molar-refractivity contribution in [2.75, 3.05) is 26.7 Å². The molecule has 6 nitrogen and oxygen atoms in total. The van der Waals surface area contributed by atoms with Crippen LogP contribution in [0.5, 0.6) is 0 Å². The summed E-state index contributed by atoms with van der Waals surface area (Å²) < 4.78 is 6.01. The van der Waals surface area contributed by atoms with E-state index in [0.717, 1.165) is 42.7 Å². The van der Waals surface area contributed by atoms with E-state index in [2.05, 4.69) is 29.1 Å². The van der Waals surface area contributed by atoms with E-state index in [0.29, 0.717) is 11.8 Å². The third-order valence-electron chi connectivity index (χ3n) is 6.58. The maximum absolute atomic E-state index is 12.9. The number of carbonyl (C=O) groups excluding carboxylic acids is 1. The summed E-state index contributed by atoms with van der Waals surface area (Å²) in [5.41, 5.74) is 4.18. The molecule has 1 aromatic heterocycles. The highest BCUT2D eigenvalue weighted by molar-refractivity contribution is 5.95. The van der Waals surface area contributed by atoms with Gasteiger partial charge in [0.05, 0.1) is 6.04 Å². The van der Waals surface area contributed by atoms with Crippen molar-refractivity contribution in [3.05, 3.63) is 71.1 Å². The Labute approximate surface area is 176 Å². The van der Waals surface area contributed by atoms with Crippen LogP contribution >= 0.6 is 0 Å². The second-order valence-corrected chi connectivity index (χ2v) is 8.91. The Kier molecular flexibility index (Phi) is 4.47. The molecule has 3 aromatic rings. The first-order chi connectivity index (χ1) is 14.4. The summed E-state index contributed by atoms with van der Waals surface area (Å²) in [4.78, 5) is 17.1. The molecule has 1 atom stereocenters. The van der Waals surface area contributed by atoms with Crippen LogP contribution in [-0.4, -0.2) is 52.6 Å². The summed E-state index contributed by atoms with van der Waals surface area (Å²) in [6.45, 7) is 6.60. The highest BCUT2D eigenvalue weighted by atomic mass is 16.4. The average molecular weight is 402 g/mol. The molecule has 2 saturated heterocycles. The van der Waals surface area contributed by atoms with Crippen molar-refractivity contribution in [2.24, 2.45) is 5.41 Å². The molecule has 3 heterocycles. The molecule has 0 radical (unpaired) electrons. The highest BCUT2D eigenvalue weighted by Crippen LogP contribution is 2.48. The Morgan fingerprint density at radius 2 is 1.80 bits per heavy atom. The molecule has 2 aliphatic rings.